The number of ether oxygens (including phenoxy) is 1. The van der Waals surface area contributed by atoms with E-state index in [9.17, 15) is 13.6 Å². The summed E-state index contributed by atoms with van der Waals surface area (Å²) in [5.74, 6) is -0.981. The largest absolute Gasteiger partial charge is 0.465 e. The SMILES string of the molecule is COC(=O)c1c(C(F)F)ncc(C#N)c1CN. The summed E-state index contributed by atoms with van der Waals surface area (Å²) in [5.41, 5.74) is 4.21. The van der Waals surface area contributed by atoms with Gasteiger partial charge in [-0.05, 0) is 0 Å². The summed E-state index contributed by atoms with van der Waals surface area (Å²) in [6.07, 6.45) is -1.97. The summed E-state index contributed by atoms with van der Waals surface area (Å²) in [6.45, 7) is -0.227. The van der Waals surface area contributed by atoms with Gasteiger partial charge >= 0.3 is 5.97 Å². The predicted molar refractivity (Wildman–Crippen MR) is 53.1 cm³/mol. The van der Waals surface area contributed by atoms with Crippen molar-refractivity contribution in [2.75, 3.05) is 7.11 Å². The van der Waals surface area contributed by atoms with Crippen molar-refractivity contribution in [3.05, 3.63) is 28.6 Å². The molecule has 0 aliphatic rings. The van der Waals surface area contributed by atoms with E-state index in [1.165, 1.54) is 0 Å². The third-order valence-electron chi connectivity index (χ3n) is 2.14. The van der Waals surface area contributed by atoms with E-state index >= 15 is 0 Å². The summed E-state index contributed by atoms with van der Waals surface area (Å²) in [7, 11) is 1.05. The monoisotopic (exact) mass is 241 g/mol. The Morgan fingerprint density at radius 1 is 1.71 bits per heavy atom. The average Bonchev–Trinajstić information content (AvgIpc) is 2.35. The Kier molecular flexibility index (Phi) is 4.06. The van der Waals surface area contributed by atoms with Crippen LogP contribution in [0.1, 0.15) is 33.6 Å². The number of methoxy groups -OCH3 is 1. The number of esters is 1. The highest BCUT2D eigenvalue weighted by atomic mass is 19.3. The molecule has 1 aromatic heterocycles. The zero-order chi connectivity index (χ0) is 13.0. The molecular weight excluding hydrogens is 232 g/mol. The van der Waals surface area contributed by atoms with Gasteiger partial charge in [-0.15, -0.1) is 0 Å². The first-order valence-corrected chi connectivity index (χ1v) is 4.55. The molecule has 90 valence electrons. The molecule has 0 unspecified atom stereocenters. The van der Waals surface area contributed by atoms with Gasteiger partial charge < -0.3 is 10.5 Å². The zero-order valence-corrected chi connectivity index (χ0v) is 8.91. The molecule has 0 aliphatic heterocycles. The van der Waals surface area contributed by atoms with Gasteiger partial charge in [0.05, 0.1) is 18.2 Å². The second kappa shape index (κ2) is 5.32. The molecule has 7 heteroatoms. The summed E-state index contributed by atoms with van der Waals surface area (Å²) in [5, 5.41) is 8.77. The second-order valence-corrected chi connectivity index (χ2v) is 3.02. The Labute approximate surface area is 95.8 Å². The van der Waals surface area contributed by atoms with E-state index in [1.54, 1.807) is 6.07 Å². The lowest BCUT2D eigenvalue weighted by atomic mass is 10.0. The summed E-state index contributed by atoms with van der Waals surface area (Å²) in [4.78, 5) is 14.8. The van der Waals surface area contributed by atoms with Crippen LogP contribution in [0.4, 0.5) is 8.78 Å². The molecule has 0 saturated carbocycles. The first kappa shape index (κ1) is 13.0. The van der Waals surface area contributed by atoms with Crippen LogP contribution >= 0.6 is 0 Å². The first-order valence-electron chi connectivity index (χ1n) is 4.55. The smallest absolute Gasteiger partial charge is 0.340 e. The number of pyridine rings is 1. The summed E-state index contributed by atoms with van der Waals surface area (Å²) < 4.78 is 29.8. The molecule has 0 amide bonds. The van der Waals surface area contributed by atoms with Crippen LogP contribution in [0.5, 0.6) is 0 Å². The molecule has 0 spiro atoms. The molecule has 17 heavy (non-hydrogen) atoms. The third-order valence-corrected chi connectivity index (χ3v) is 2.14. The van der Waals surface area contributed by atoms with Crippen molar-refractivity contribution in [1.82, 2.24) is 4.98 Å². The van der Waals surface area contributed by atoms with E-state index < -0.39 is 23.7 Å². The van der Waals surface area contributed by atoms with Crippen molar-refractivity contribution in [3.63, 3.8) is 0 Å². The number of nitrogens with two attached hydrogens (primary N) is 1. The van der Waals surface area contributed by atoms with Crippen molar-refractivity contribution < 1.29 is 18.3 Å². The first-order chi connectivity index (χ1) is 8.06. The number of alkyl halides is 2. The molecule has 0 atom stereocenters. The maximum absolute atomic E-state index is 12.7. The minimum absolute atomic E-state index is 0.0164. The fourth-order valence-corrected chi connectivity index (χ4v) is 1.37. The normalized spacial score (nSPS) is 10.1. The van der Waals surface area contributed by atoms with Crippen LogP contribution in [-0.2, 0) is 11.3 Å². The van der Waals surface area contributed by atoms with Crippen LogP contribution < -0.4 is 5.73 Å². The minimum Gasteiger partial charge on any atom is -0.465 e. The lowest BCUT2D eigenvalue weighted by Crippen LogP contribution is -2.16. The van der Waals surface area contributed by atoms with Crippen LogP contribution in [-0.4, -0.2) is 18.1 Å². The quantitative estimate of drug-likeness (QED) is 0.801. The fraction of sp³-hybridized carbons (Fsp3) is 0.300. The van der Waals surface area contributed by atoms with E-state index in [-0.39, 0.29) is 17.7 Å². The predicted octanol–water partition coefficient (Wildman–Crippen LogP) is 1.14. The van der Waals surface area contributed by atoms with Crippen LogP contribution in [0.25, 0.3) is 0 Å². The van der Waals surface area contributed by atoms with Gasteiger partial charge in [0, 0.05) is 18.3 Å². The fourth-order valence-electron chi connectivity index (χ4n) is 1.37. The lowest BCUT2D eigenvalue weighted by Gasteiger charge is -2.11. The van der Waals surface area contributed by atoms with Crippen LogP contribution in [0, 0.1) is 11.3 Å². The molecule has 0 saturated heterocycles. The highest BCUT2D eigenvalue weighted by Crippen LogP contribution is 2.25. The van der Waals surface area contributed by atoms with Gasteiger partial charge in [0.15, 0.2) is 0 Å². The van der Waals surface area contributed by atoms with Gasteiger partial charge in [0.1, 0.15) is 11.8 Å². The average molecular weight is 241 g/mol. The molecule has 0 aromatic carbocycles. The third kappa shape index (κ3) is 2.37. The number of rotatable bonds is 3. The zero-order valence-electron chi connectivity index (χ0n) is 8.91. The van der Waals surface area contributed by atoms with Crippen molar-refractivity contribution >= 4 is 5.97 Å². The molecule has 0 bridgehead atoms. The molecule has 0 fully saturated rings. The Balaban J connectivity index is 3.57. The number of nitriles is 1. The number of aromatic nitrogens is 1. The van der Waals surface area contributed by atoms with Crippen molar-refractivity contribution in [1.29, 1.82) is 5.26 Å². The number of carbonyl (C=O) groups excluding carboxylic acids is 1. The highest BCUT2D eigenvalue weighted by molar-refractivity contribution is 5.93. The van der Waals surface area contributed by atoms with E-state index in [1.807, 2.05) is 0 Å². The Bertz CT molecular complexity index is 483. The van der Waals surface area contributed by atoms with Crippen molar-refractivity contribution in [2.24, 2.45) is 5.73 Å². The second-order valence-electron chi connectivity index (χ2n) is 3.02. The van der Waals surface area contributed by atoms with E-state index in [2.05, 4.69) is 9.72 Å². The maximum atomic E-state index is 12.7. The molecular formula is C10H9F2N3O2. The Morgan fingerprint density at radius 2 is 2.35 bits per heavy atom. The molecule has 1 rings (SSSR count). The molecule has 0 radical (unpaired) electrons. The number of hydrogen-bond donors (Lipinski definition) is 1. The standard InChI is InChI=1S/C10H9F2N3O2/c1-17-10(16)7-6(3-14)5(2-13)4-15-8(7)9(11)12/h4,9H,3,14H2,1H3. The van der Waals surface area contributed by atoms with Gasteiger partial charge in [-0.2, -0.15) is 5.26 Å². The van der Waals surface area contributed by atoms with Crippen LogP contribution in [0.2, 0.25) is 0 Å². The summed E-state index contributed by atoms with van der Waals surface area (Å²) >= 11 is 0. The van der Waals surface area contributed by atoms with Gasteiger partial charge in [-0.1, -0.05) is 0 Å². The molecule has 5 nitrogen and oxygen atoms in total. The number of nitrogens with zero attached hydrogens (tertiary/aromatic N) is 2. The van der Waals surface area contributed by atoms with E-state index in [0.29, 0.717) is 0 Å². The molecule has 1 aromatic rings. The lowest BCUT2D eigenvalue weighted by molar-refractivity contribution is 0.0585. The van der Waals surface area contributed by atoms with Gasteiger partial charge in [-0.25, -0.2) is 13.6 Å². The summed E-state index contributed by atoms with van der Waals surface area (Å²) in [6, 6.07) is 1.74. The van der Waals surface area contributed by atoms with Crippen molar-refractivity contribution in [3.8, 4) is 6.07 Å². The van der Waals surface area contributed by atoms with Gasteiger partial charge in [-0.3, -0.25) is 4.98 Å². The highest BCUT2D eigenvalue weighted by Gasteiger charge is 2.25. The van der Waals surface area contributed by atoms with Gasteiger partial charge in [0.2, 0.25) is 0 Å². The van der Waals surface area contributed by atoms with Gasteiger partial charge in [0.25, 0.3) is 6.43 Å². The maximum Gasteiger partial charge on any atom is 0.340 e. The Hall–Kier alpha value is -2.07. The number of hydrogen-bond acceptors (Lipinski definition) is 5. The van der Waals surface area contributed by atoms with Crippen molar-refractivity contribution in [2.45, 2.75) is 13.0 Å². The Morgan fingerprint density at radius 3 is 2.76 bits per heavy atom. The number of halogens is 2. The van der Waals surface area contributed by atoms with Crippen LogP contribution in [0.15, 0.2) is 6.20 Å². The molecule has 1 heterocycles. The molecule has 2 N–H and O–H groups in total. The molecule has 0 aliphatic carbocycles. The van der Waals surface area contributed by atoms with E-state index in [4.69, 9.17) is 11.0 Å². The number of carbonyl (C=O) groups is 1. The van der Waals surface area contributed by atoms with E-state index in [0.717, 1.165) is 13.3 Å². The minimum atomic E-state index is -2.94. The topological polar surface area (TPSA) is 89.0 Å². The van der Waals surface area contributed by atoms with Crippen LogP contribution in [0.3, 0.4) is 0 Å².